The predicted molar refractivity (Wildman–Crippen MR) is 103 cm³/mol. The first-order chi connectivity index (χ1) is 12.6. The summed E-state index contributed by atoms with van der Waals surface area (Å²) in [6, 6.07) is 17.8. The van der Waals surface area contributed by atoms with Crippen molar-refractivity contribution in [2.24, 2.45) is 0 Å². The highest BCUT2D eigenvalue weighted by molar-refractivity contribution is 6.30. The van der Waals surface area contributed by atoms with E-state index in [0.29, 0.717) is 22.0 Å². The van der Waals surface area contributed by atoms with Gasteiger partial charge in [-0.1, -0.05) is 29.8 Å². The lowest BCUT2D eigenvalue weighted by atomic mass is 10.2. The second-order valence-electron chi connectivity index (χ2n) is 5.63. The van der Waals surface area contributed by atoms with Crippen molar-refractivity contribution in [2.45, 2.75) is 6.92 Å². The smallest absolute Gasteiger partial charge is 0.274 e. The van der Waals surface area contributed by atoms with Crippen molar-refractivity contribution in [2.75, 3.05) is 10.6 Å². The van der Waals surface area contributed by atoms with E-state index in [1.807, 2.05) is 31.2 Å². The van der Waals surface area contributed by atoms with Gasteiger partial charge in [0.05, 0.1) is 11.3 Å². The van der Waals surface area contributed by atoms with Crippen LogP contribution in [0.1, 0.15) is 21.6 Å². The van der Waals surface area contributed by atoms with E-state index in [9.17, 15) is 4.79 Å². The van der Waals surface area contributed by atoms with E-state index in [4.69, 9.17) is 16.9 Å². The molecule has 1 aromatic heterocycles. The number of hydrogen-bond acceptors (Lipinski definition) is 4. The topological polar surface area (TPSA) is 77.8 Å². The Hall–Kier alpha value is -3.36. The van der Waals surface area contributed by atoms with Gasteiger partial charge >= 0.3 is 0 Å². The van der Waals surface area contributed by atoms with Crippen LogP contribution in [-0.2, 0) is 0 Å². The number of halogens is 1. The third kappa shape index (κ3) is 4.00. The maximum Gasteiger partial charge on any atom is 0.274 e. The molecule has 0 bridgehead atoms. The van der Waals surface area contributed by atoms with E-state index in [1.54, 1.807) is 42.6 Å². The van der Waals surface area contributed by atoms with Crippen molar-refractivity contribution < 1.29 is 4.79 Å². The number of carbonyl (C=O) groups excluding carboxylic acids is 1. The number of carbonyl (C=O) groups is 1. The maximum absolute atomic E-state index is 12.5. The molecule has 0 spiro atoms. The monoisotopic (exact) mass is 362 g/mol. The molecule has 0 atom stereocenters. The van der Waals surface area contributed by atoms with Crippen molar-refractivity contribution in [3.8, 4) is 6.07 Å². The number of pyridine rings is 1. The normalized spacial score (nSPS) is 10.0. The summed E-state index contributed by atoms with van der Waals surface area (Å²) < 4.78 is 0. The van der Waals surface area contributed by atoms with Gasteiger partial charge in [0.2, 0.25) is 0 Å². The highest BCUT2D eigenvalue weighted by Gasteiger charge is 2.11. The van der Waals surface area contributed by atoms with E-state index in [2.05, 4.69) is 15.6 Å². The van der Waals surface area contributed by atoms with Gasteiger partial charge in [-0.3, -0.25) is 9.78 Å². The Bertz CT molecular complexity index is 1010. The molecule has 26 heavy (non-hydrogen) atoms. The van der Waals surface area contributed by atoms with Crippen molar-refractivity contribution in [1.29, 1.82) is 5.26 Å². The summed E-state index contributed by atoms with van der Waals surface area (Å²) in [5.41, 5.74) is 3.67. The van der Waals surface area contributed by atoms with Crippen LogP contribution in [-0.4, -0.2) is 10.9 Å². The van der Waals surface area contributed by atoms with Crippen LogP contribution in [0.25, 0.3) is 0 Å². The van der Waals surface area contributed by atoms with E-state index in [-0.39, 0.29) is 11.6 Å². The minimum absolute atomic E-state index is 0.238. The second kappa shape index (κ2) is 7.68. The number of nitrogens with zero attached hydrogens (tertiary/aromatic N) is 2. The second-order valence-corrected chi connectivity index (χ2v) is 6.06. The lowest BCUT2D eigenvalue weighted by molar-refractivity contribution is 0.102. The van der Waals surface area contributed by atoms with Crippen LogP contribution in [0.2, 0.25) is 5.02 Å². The van der Waals surface area contributed by atoms with E-state index in [1.165, 1.54) is 0 Å². The average Bonchev–Trinajstić information content (AvgIpc) is 2.65. The SMILES string of the molecule is Cc1ccc(Cl)cc1Nc1ccnc(C(=O)Nc2ccccc2C#N)c1. The molecule has 0 saturated carbocycles. The van der Waals surface area contributed by atoms with Crippen LogP contribution in [0, 0.1) is 18.3 Å². The molecule has 6 heteroatoms. The van der Waals surface area contributed by atoms with E-state index >= 15 is 0 Å². The van der Waals surface area contributed by atoms with Gasteiger partial charge in [0, 0.05) is 22.6 Å². The molecule has 0 unspecified atom stereocenters. The zero-order valence-corrected chi connectivity index (χ0v) is 14.7. The number of nitriles is 1. The van der Waals surface area contributed by atoms with Gasteiger partial charge in [-0.2, -0.15) is 5.26 Å². The highest BCUT2D eigenvalue weighted by Crippen LogP contribution is 2.24. The Balaban J connectivity index is 1.82. The number of benzene rings is 2. The molecule has 128 valence electrons. The predicted octanol–water partition coefficient (Wildman–Crippen LogP) is 4.91. The third-order valence-corrected chi connectivity index (χ3v) is 4.00. The van der Waals surface area contributed by atoms with Crippen molar-refractivity contribution >= 4 is 34.6 Å². The van der Waals surface area contributed by atoms with Gasteiger partial charge in [-0.15, -0.1) is 0 Å². The number of hydrogen-bond donors (Lipinski definition) is 2. The molecule has 1 amide bonds. The van der Waals surface area contributed by atoms with Gasteiger partial charge in [0.15, 0.2) is 0 Å². The van der Waals surface area contributed by atoms with Gasteiger partial charge in [0.25, 0.3) is 5.91 Å². The molecular weight excluding hydrogens is 348 g/mol. The van der Waals surface area contributed by atoms with E-state index in [0.717, 1.165) is 11.3 Å². The number of aromatic nitrogens is 1. The summed E-state index contributed by atoms with van der Waals surface area (Å²) in [6.45, 7) is 1.96. The summed E-state index contributed by atoms with van der Waals surface area (Å²) in [4.78, 5) is 16.6. The molecule has 0 aliphatic rings. The minimum atomic E-state index is -0.390. The first-order valence-corrected chi connectivity index (χ1v) is 8.24. The molecule has 2 N–H and O–H groups in total. The zero-order chi connectivity index (χ0) is 18.5. The molecule has 0 radical (unpaired) electrons. The Morgan fingerprint density at radius 1 is 1.12 bits per heavy atom. The standard InChI is InChI=1S/C20H15ClN4O/c1-13-6-7-15(21)10-18(13)24-16-8-9-23-19(11-16)20(26)25-17-5-3-2-4-14(17)12-22/h2-11H,1H3,(H,23,24)(H,25,26). The Kier molecular flexibility index (Phi) is 5.16. The number of nitrogens with one attached hydrogen (secondary N) is 2. The lowest BCUT2D eigenvalue weighted by Crippen LogP contribution is -2.14. The Morgan fingerprint density at radius 3 is 2.73 bits per heavy atom. The fourth-order valence-corrected chi connectivity index (χ4v) is 2.56. The third-order valence-electron chi connectivity index (χ3n) is 3.77. The summed E-state index contributed by atoms with van der Waals surface area (Å²) in [5, 5.41) is 15.7. The number of amides is 1. The maximum atomic E-state index is 12.5. The quantitative estimate of drug-likeness (QED) is 0.691. The van der Waals surface area contributed by atoms with Crippen molar-refractivity contribution in [3.05, 3.63) is 82.6 Å². The minimum Gasteiger partial charge on any atom is -0.355 e. The molecule has 5 nitrogen and oxygen atoms in total. The molecule has 0 aliphatic carbocycles. The molecule has 0 aliphatic heterocycles. The van der Waals surface area contributed by atoms with Gasteiger partial charge in [-0.05, 0) is 48.9 Å². The molecule has 3 aromatic rings. The highest BCUT2D eigenvalue weighted by atomic mass is 35.5. The fraction of sp³-hybridized carbons (Fsp3) is 0.0500. The largest absolute Gasteiger partial charge is 0.355 e. The first-order valence-electron chi connectivity index (χ1n) is 7.86. The summed E-state index contributed by atoms with van der Waals surface area (Å²) in [7, 11) is 0. The van der Waals surface area contributed by atoms with Crippen LogP contribution < -0.4 is 10.6 Å². The molecule has 1 heterocycles. The summed E-state index contributed by atoms with van der Waals surface area (Å²) in [6.07, 6.45) is 1.55. The number of rotatable bonds is 4. The van der Waals surface area contributed by atoms with Crippen LogP contribution >= 0.6 is 11.6 Å². The summed E-state index contributed by atoms with van der Waals surface area (Å²) >= 11 is 6.04. The summed E-state index contributed by atoms with van der Waals surface area (Å²) in [5.74, 6) is -0.390. The van der Waals surface area contributed by atoms with Crippen LogP contribution in [0.4, 0.5) is 17.1 Å². The van der Waals surface area contributed by atoms with Crippen molar-refractivity contribution in [3.63, 3.8) is 0 Å². The lowest BCUT2D eigenvalue weighted by Gasteiger charge is -2.11. The van der Waals surface area contributed by atoms with Crippen molar-refractivity contribution in [1.82, 2.24) is 4.98 Å². The molecular formula is C20H15ClN4O. The van der Waals surface area contributed by atoms with Crippen LogP contribution in [0.15, 0.2) is 60.8 Å². The fourth-order valence-electron chi connectivity index (χ4n) is 2.39. The Morgan fingerprint density at radius 2 is 1.92 bits per heavy atom. The van der Waals surface area contributed by atoms with Crippen LogP contribution in [0.5, 0.6) is 0 Å². The van der Waals surface area contributed by atoms with Crippen LogP contribution in [0.3, 0.4) is 0 Å². The number of para-hydroxylation sites is 1. The number of aryl methyl sites for hydroxylation is 1. The van der Waals surface area contributed by atoms with Gasteiger partial charge in [-0.25, -0.2) is 0 Å². The molecule has 3 rings (SSSR count). The van der Waals surface area contributed by atoms with Gasteiger partial charge < -0.3 is 10.6 Å². The average molecular weight is 363 g/mol. The zero-order valence-electron chi connectivity index (χ0n) is 14.0. The van der Waals surface area contributed by atoms with E-state index < -0.39 is 0 Å². The molecule has 0 fully saturated rings. The van der Waals surface area contributed by atoms with Gasteiger partial charge in [0.1, 0.15) is 11.8 Å². The molecule has 2 aromatic carbocycles. The number of anilines is 3. The molecule has 0 saturated heterocycles. The Labute approximate surface area is 156 Å². The first kappa shape index (κ1) is 17.5.